The molecule has 10 heteroatoms. The van der Waals surface area contributed by atoms with Gasteiger partial charge in [-0.1, -0.05) is 12.1 Å². The predicted molar refractivity (Wildman–Crippen MR) is 116 cm³/mol. The molecule has 0 spiro atoms. The first-order valence-electron chi connectivity index (χ1n) is 11.1. The van der Waals surface area contributed by atoms with Crippen LogP contribution in [0.1, 0.15) is 48.9 Å². The number of esters is 1. The summed E-state index contributed by atoms with van der Waals surface area (Å²) in [5, 5.41) is 4.94. The number of alkyl halides is 3. The average Bonchev–Trinajstić information content (AvgIpc) is 2.73. The van der Waals surface area contributed by atoms with Crippen molar-refractivity contribution in [1.29, 1.82) is 0 Å². The molecule has 0 aromatic heterocycles. The summed E-state index contributed by atoms with van der Waals surface area (Å²) in [5.41, 5.74) is 0.0722. The van der Waals surface area contributed by atoms with E-state index >= 15 is 0 Å². The molecular formula is C23H27F3N2O4S. The summed E-state index contributed by atoms with van der Waals surface area (Å²) in [6.07, 6.45) is 2.46. The Morgan fingerprint density at radius 2 is 1.61 bits per heavy atom. The third-order valence-electron chi connectivity index (χ3n) is 6.73. The zero-order chi connectivity index (χ0) is 23.6. The Morgan fingerprint density at radius 3 is 2.21 bits per heavy atom. The SMILES string of the molecule is O=C(COC(=O)c1ccccc1SCC(=O)NC12CC3CC(CC(C3)C1)C2)NCC(F)(F)F. The highest BCUT2D eigenvalue weighted by atomic mass is 32.2. The van der Waals surface area contributed by atoms with E-state index in [0.717, 1.165) is 19.3 Å². The fourth-order valence-corrected chi connectivity index (χ4v) is 6.80. The van der Waals surface area contributed by atoms with Crippen molar-refractivity contribution in [3.8, 4) is 0 Å². The lowest BCUT2D eigenvalue weighted by molar-refractivity contribution is -0.140. The van der Waals surface area contributed by atoms with E-state index in [1.54, 1.807) is 23.5 Å². The minimum absolute atomic E-state index is 0.0725. The van der Waals surface area contributed by atoms with Crippen LogP contribution in [0, 0.1) is 17.8 Å². The molecule has 180 valence electrons. The third-order valence-corrected chi connectivity index (χ3v) is 7.80. The minimum atomic E-state index is -4.54. The van der Waals surface area contributed by atoms with Crippen molar-refractivity contribution in [1.82, 2.24) is 10.6 Å². The molecule has 0 radical (unpaired) electrons. The molecule has 2 amide bonds. The summed E-state index contributed by atoms with van der Waals surface area (Å²) in [6.45, 7) is -2.31. The van der Waals surface area contributed by atoms with E-state index < -0.39 is 31.2 Å². The van der Waals surface area contributed by atoms with Gasteiger partial charge in [-0.2, -0.15) is 13.2 Å². The first-order chi connectivity index (χ1) is 15.6. The Labute approximate surface area is 194 Å². The van der Waals surface area contributed by atoms with Crippen molar-refractivity contribution in [2.24, 2.45) is 17.8 Å². The number of amides is 2. The minimum Gasteiger partial charge on any atom is -0.452 e. The molecule has 4 aliphatic rings. The van der Waals surface area contributed by atoms with Crippen molar-refractivity contribution < 1.29 is 32.3 Å². The number of rotatable bonds is 8. The molecular weight excluding hydrogens is 457 g/mol. The van der Waals surface area contributed by atoms with E-state index in [1.807, 2.05) is 0 Å². The van der Waals surface area contributed by atoms with Gasteiger partial charge in [-0.25, -0.2) is 4.79 Å². The summed E-state index contributed by atoms with van der Waals surface area (Å²) in [7, 11) is 0. The Kier molecular flexibility index (Phi) is 6.93. The van der Waals surface area contributed by atoms with E-state index in [4.69, 9.17) is 4.74 Å². The average molecular weight is 485 g/mol. The summed E-state index contributed by atoms with van der Waals surface area (Å²) in [4.78, 5) is 37.1. The van der Waals surface area contributed by atoms with Crippen LogP contribution in [0.5, 0.6) is 0 Å². The number of hydrogen-bond donors (Lipinski definition) is 2. The molecule has 2 N–H and O–H groups in total. The van der Waals surface area contributed by atoms with Crippen LogP contribution in [0.15, 0.2) is 29.2 Å². The van der Waals surface area contributed by atoms with Gasteiger partial charge < -0.3 is 15.4 Å². The van der Waals surface area contributed by atoms with Gasteiger partial charge >= 0.3 is 12.1 Å². The highest BCUT2D eigenvalue weighted by Crippen LogP contribution is 2.55. The van der Waals surface area contributed by atoms with Gasteiger partial charge in [0.05, 0.1) is 11.3 Å². The molecule has 1 aromatic rings. The Hall–Kier alpha value is -2.23. The molecule has 4 aliphatic carbocycles. The van der Waals surface area contributed by atoms with Gasteiger partial charge in [-0.3, -0.25) is 9.59 Å². The molecule has 5 rings (SSSR count). The lowest BCUT2D eigenvalue weighted by Crippen LogP contribution is -2.60. The third kappa shape index (κ3) is 6.22. The lowest BCUT2D eigenvalue weighted by Gasteiger charge is -2.56. The van der Waals surface area contributed by atoms with Gasteiger partial charge in [-0.15, -0.1) is 11.8 Å². The molecule has 4 fully saturated rings. The first-order valence-corrected chi connectivity index (χ1v) is 12.1. The quantitative estimate of drug-likeness (QED) is 0.434. The lowest BCUT2D eigenvalue weighted by atomic mass is 9.53. The standard InChI is InChI=1S/C23H27F3N2O4S/c24-23(25,26)13-27-19(29)11-32-21(31)17-3-1-2-4-18(17)33-12-20(30)28-22-8-14-5-15(9-22)7-16(6-14)10-22/h1-4,14-16H,5-13H2,(H,27,29)(H,28,30). The maximum atomic E-state index is 12.8. The molecule has 6 nitrogen and oxygen atoms in total. The Morgan fingerprint density at radius 1 is 1.00 bits per heavy atom. The molecule has 4 bridgehead atoms. The highest BCUT2D eigenvalue weighted by molar-refractivity contribution is 8.00. The summed E-state index contributed by atoms with van der Waals surface area (Å²) >= 11 is 1.20. The molecule has 0 aliphatic heterocycles. The zero-order valence-corrected chi connectivity index (χ0v) is 18.9. The van der Waals surface area contributed by atoms with Crippen LogP contribution in [0.4, 0.5) is 13.2 Å². The molecule has 0 atom stereocenters. The predicted octanol–water partition coefficient (Wildman–Crippen LogP) is 3.70. The molecule has 0 unspecified atom stereocenters. The second kappa shape index (κ2) is 9.56. The molecule has 1 aromatic carbocycles. The van der Waals surface area contributed by atoms with Crippen molar-refractivity contribution >= 4 is 29.5 Å². The van der Waals surface area contributed by atoms with Crippen LogP contribution in [0.25, 0.3) is 0 Å². The zero-order valence-electron chi connectivity index (χ0n) is 18.1. The van der Waals surface area contributed by atoms with Gasteiger partial charge in [0.2, 0.25) is 5.91 Å². The topological polar surface area (TPSA) is 84.5 Å². The fraction of sp³-hybridized carbons (Fsp3) is 0.609. The van der Waals surface area contributed by atoms with E-state index in [1.165, 1.54) is 37.1 Å². The van der Waals surface area contributed by atoms with Crippen LogP contribution in [-0.4, -0.2) is 48.4 Å². The van der Waals surface area contributed by atoms with Gasteiger partial charge in [-0.05, 0) is 68.4 Å². The van der Waals surface area contributed by atoms with E-state index in [-0.39, 0.29) is 22.8 Å². The number of thioether (sulfide) groups is 1. The Balaban J connectivity index is 1.28. The number of carbonyl (C=O) groups is 3. The van der Waals surface area contributed by atoms with Crippen molar-refractivity contribution in [3.63, 3.8) is 0 Å². The van der Waals surface area contributed by atoms with Crippen LogP contribution < -0.4 is 10.6 Å². The van der Waals surface area contributed by atoms with Crippen molar-refractivity contribution in [3.05, 3.63) is 29.8 Å². The number of nitrogens with one attached hydrogen (secondary N) is 2. The monoisotopic (exact) mass is 484 g/mol. The van der Waals surface area contributed by atoms with Crippen molar-refractivity contribution in [2.45, 2.75) is 55.1 Å². The van der Waals surface area contributed by atoms with E-state index in [0.29, 0.717) is 22.6 Å². The maximum absolute atomic E-state index is 12.8. The van der Waals surface area contributed by atoms with Crippen LogP contribution >= 0.6 is 11.8 Å². The fourth-order valence-electron chi connectivity index (χ4n) is 5.96. The summed E-state index contributed by atoms with van der Waals surface area (Å²) < 4.78 is 41.4. The molecule has 0 saturated heterocycles. The largest absolute Gasteiger partial charge is 0.452 e. The normalized spacial score (nSPS) is 27.8. The Bertz CT molecular complexity index is 886. The van der Waals surface area contributed by atoms with Gasteiger partial charge in [0.1, 0.15) is 6.54 Å². The molecule has 4 saturated carbocycles. The van der Waals surface area contributed by atoms with E-state index in [2.05, 4.69) is 5.32 Å². The van der Waals surface area contributed by atoms with Crippen LogP contribution in [0.2, 0.25) is 0 Å². The highest BCUT2D eigenvalue weighted by Gasteiger charge is 2.51. The number of ether oxygens (including phenoxy) is 1. The van der Waals surface area contributed by atoms with Crippen LogP contribution in [-0.2, 0) is 14.3 Å². The van der Waals surface area contributed by atoms with Crippen LogP contribution in [0.3, 0.4) is 0 Å². The maximum Gasteiger partial charge on any atom is 0.405 e. The number of benzene rings is 1. The molecule has 0 heterocycles. The first kappa shape index (κ1) is 23.9. The number of hydrogen-bond acceptors (Lipinski definition) is 5. The van der Waals surface area contributed by atoms with Gasteiger partial charge in [0, 0.05) is 10.4 Å². The second-order valence-electron chi connectivity index (χ2n) is 9.50. The summed E-state index contributed by atoms with van der Waals surface area (Å²) in [5.74, 6) is 0.339. The number of halogens is 3. The van der Waals surface area contributed by atoms with Gasteiger partial charge in [0.25, 0.3) is 5.91 Å². The van der Waals surface area contributed by atoms with Crippen molar-refractivity contribution in [2.75, 3.05) is 18.9 Å². The smallest absolute Gasteiger partial charge is 0.405 e. The number of carbonyl (C=O) groups excluding carboxylic acids is 3. The van der Waals surface area contributed by atoms with Gasteiger partial charge in [0.15, 0.2) is 6.61 Å². The summed E-state index contributed by atoms with van der Waals surface area (Å²) in [6, 6.07) is 6.49. The molecule has 33 heavy (non-hydrogen) atoms. The second-order valence-corrected chi connectivity index (χ2v) is 10.5. The van der Waals surface area contributed by atoms with E-state index in [9.17, 15) is 27.6 Å².